The summed E-state index contributed by atoms with van der Waals surface area (Å²) in [6.45, 7) is 13.7. The number of hydrogen-bond acceptors (Lipinski definition) is 3. The van der Waals surface area contributed by atoms with Gasteiger partial charge in [-0.05, 0) is 32.6 Å². The van der Waals surface area contributed by atoms with Gasteiger partial charge in [-0.15, -0.1) is 0 Å². The lowest BCUT2D eigenvalue weighted by molar-refractivity contribution is 0.00736. The highest BCUT2D eigenvalue weighted by Gasteiger charge is 2.37. The second-order valence-electron chi connectivity index (χ2n) is 7.13. The van der Waals surface area contributed by atoms with E-state index in [0.717, 1.165) is 24.4 Å². The summed E-state index contributed by atoms with van der Waals surface area (Å²) in [7, 11) is 0. The van der Waals surface area contributed by atoms with Gasteiger partial charge in [0.2, 0.25) is 0 Å². The third-order valence-corrected chi connectivity index (χ3v) is 4.38. The fourth-order valence-electron chi connectivity index (χ4n) is 3.24. The molecular formula is C17H27NO3. The molecule has 2 rings (SSSR count). The quantitative estimate of drug-likeness (QED) is 0.929. The SMILES string of the molecule is Cc1oc(C)c(C(=O)NC[C@H]2CCO[C@@H]2C(C)(C)C)c1C. The van der Waals surface area contributed by atoms with Crippen molar-refractivity contribution in [2.45, 2.75) is 54.1 Å². The fourth-order valence-corrected chi connectivity index (χ4v) is 3.24. The maximum absolute atomic E-state index is 12.4. The van der Waals surface area contributed by atoms with Gasteiger partial charge in [0, 0.05) is 24.6 Å². The first-order valence-corrected chi connectivity index (χ1v) is 7.68. The van der Waals surface area contributed by atoms with Gasteiger partial charge in [0.15, 0.2) is 0 Å². The van der Waals surface area contributed by atoms with Crippen LogP contribution >= 0.6 is 0 Å². The first-order chi connectivity index (χ1) is 9.71. The van der Waals surface area contributed by atoms with Crippen molar-refractivity contribution in [2.24, 2.45) is 11.3 Å². The standard InChI is InChI=1S/C17H27NO3/c1-10-11(2)21-12(3)14(10)16(19)18-9-13-7-8-20-15(13)17(4,5)6/h13,15H,7-9H2,1-6H3,(H,18,19)/t13-,15+/m1/s1. The highest BCUT2D eigenvalue weighted by atomic mass is 16.5. The Kier molecular flexibility index (Phi) is 4.47. The van der Waals surface area contributed by atoms with E-state index in [1.165, 1.54) is 0 Å². The van der Waals surface area contributed by atoms with Crippen LogP contribution in [-0.2, 0) is 4.74 Å². The minimum Gasteiger partial charge on any atom is -0.466 e. The van der Waals surface area contributed by atoms with Crippen molar-refractivity contribution < 1.29 is 13.9 Å². The van der Waals surface area contributed by atoms with E-state index in [1.807, 2.05) is 20.8 Å². The van der Waals surface area contributed by atoms with E-state index in [4.69, 9.17) is 9.15 Å². The molecule has 0 saturated carbocycles. The Morgan fingerprint density at radius 2 is 1.90 bits per heavy atom. The van der Waals surface area contributed by atoms with Crippen LogP contribution in [0.5, 0.6) is 0 Å². The molecule has 0 radical (unpaired) electrons. The van der Waals surface area contributed by atoms with Crippen LogP contribution in [0.3, 0.4) is 0 Å². The number of rotatable bonds is 3. The molecule has 118 valence electrons. The molecule has 1 fully saturated rings. The second kappa shape index (κ2) is 5.84. The summed E-state index contributed by atoms with van der Waals surface area (Å²) >= 11 is 0. The van der Waals surface area contributed by atoms with Crippen LogP contribution in [0.25, 0.3) is 0 Å². The zero-order valence-corrected chi connectivity index (χ0v) is 14.0. The van der Waals surface area contributed by atoms with Crippen molar-refractivity contribution in [3.8, 4) is 0 Å². The van der Waals surface area contributed by atoms with Gasteiger partial charge >= 0.3 is 0 Å². The van der Waals surface area contributed by atoms with Gasteiger partial charge in [-0.3, -0.25) is 4.79 Å². The minimum absolute atomic E-state index is 0.0404. The first-order valence-electron chi connectivity index (χ1n) is 7.68. The summed E-state index contributed by atoms with van der Waals surface area (Å²) in [5.41, 5.74) is 1.71. The minimum atomic E-state index is -0.0404. The van der Waals surface area contributed by atoms with E-state index in [-0.39, 0.29) is 17.4 Å². The fraction of sp³-hybridized carbons (Fsp3) is 0.706. The number of carbonyl (C=O) groups excluding carboxylic acids is 1. The van der Waals surface area contributed by atoms with Gasteiger partial charge in [0.05, 0.1) is 11.7 Å². The van der Waals surface area contributed by atoms with Crippen molar-refractivity contribution >= 4 is 5.91 Å². The van der Waals surface area contributed by atoms with E-state index in [0.29, 0.717) is 23.8 Å². The van der Waals surface area contributed by atoms with Gasteiger partial charge in [-0.1, -0.05) is 20.8 Å². The van der Waals surface area contributed by atoms with Gasteiger partial charge in [0.1, 0.15) is 11.5 Å². The Morgan fingerprint density at radius 1 is 1.24 bits per heavy atom. The molecule has 1 N–H and O–H groups in total. The second-order valence-corrected chi connectivity index (χ2v) is 7.13. The summed E-state index contributed by atoms with van der Waals surface area (Å²) in [6, 6.07) is 0. The summed E-state index contributed by atoms with van der Waals surface area (Å²) in [6.07, 6.45) is 1.20. The molecular weight excluding hydrogens is 266 g/mol. The van der Waals surface area contributed by atoms with Gasteiger partial charge in [0.25, 0.3) is 5.91 Å². The van der Waals surface area contributed by atoms with Crippen molar-refractivity contribution in [3.05, 3.63) is 22.6 Å². The number of hydrogen-bond donors (Lipinski definition) is 1. The maximum Gasteiger partial charge on any atom is 0.255 e. The predicted octanol–water partition coefficient (Wildman–Crippen LogP) is 3.39. The smallest absolute Gasteiger partial charge is 0.255 e. The molecule has 0 unspecified atom stereocenters. The van der Waals surface area contributed by atoms with E-state index in [1.54, 1.807) is 0 Å². The molecule has 0 spiro atoms. The monoisotopic (exact) mass is 293 g/mol. The molecule has 1 saturated heterocycles. The summed E-state index contributed by atoms with van der Waals surface area (Å²) in [5, 5.41) is 3.06. The molecule has 4 heteroatoms. The normalized spacial score (nSPS) is 22.6. The van der Waals surface area contributed by atoms with Gasteiger partial charge < -0.3 is 14.5 Å². The van der Waals surface area contributed by atoms with E-state index < -0.39 is 0 Å². The zero-order chi connectivity index (χ0) is 15.8. The Bertz CT molecular complexity index is 525. The van der Waals surface area contributed by atoms with Crippen LogP contribution < -0.4 is 5.32 Å². The topological polar surface area (TPSA) is 51.5 Å². The van der Waals surface area contributed by atoms with E-state index >= 15 is 0 Å². The highest BCUT2D eigenvalue weighted by Crippen LogP contribution is 2.34. The lowest BCUT2D eigenvalue weighted by atomic mass is 9.81. The number of furan rings is 1. The number of nitrogens with one attached hydrogen (secondary N) is 1. The highest BCUT2D eigenvalue weighted by molar-refractivity contribution is 5.96. The van der Waals surface area contributed by atoms with Crippen molar-refractivity contribution in [1.82, 2.24) is 5.32 Å². The molecule has 1 aromatic heterocycles. The molecule has 0 aliphatic carbocycles. The molecule has 0 aromatic carbocycles. The number of amides is 1. The van der Waals surface area contributed by atoms with Crippen LogP contribution in [0, 0.1) is 32.1 Å². The Balaban J connectivity index is 2.01. The van der Waals surface area contributed by atoms with Gasteiger partial charge in [-0.2, -0.15) is 0 Å². The molecule has 4 nitrogen and oxygen atoms in total. The number of carbonyl (C=O) groups is 1. The molecule has 1 aliphatic heterocycles. The van der Waals surface area contributed by atoms with Crippen molar-refractivity contribution in [1.29, 1.82) is 0 Å². The van der Waals surface area contributed by atoms with E-state index in [9.17, 15) is 4.79 Å². The maximum atomic E-state index is 12.4. The molecule has 0 bridgehead atoms. The lowest BCUT2D eigenvalue weighted by Gasteiger charge is -2.31. The average Bonchev–Trinajstić information content (AvgIpc) is 2.92. The molecule has 21 heavy (non-hydrogen) atoms. The summed E-state index contributed by atoms with van der Waals surface area (Å²) in [4.78, 5) is 12.4. The molecule has 2 heterocycles. The third kappa shape index (κ3) is 3.31. The average molecular weight is 293 g/mol. The van der Waals surface area contributed by atoms with Crippen LogP contribution in [0.15, 0.2) is 4.42 Å². The lowest BCUT2D eigenvalue weighted by Crippen LogP contribution is -2.38. The molecule has 1 aliphatic rings. The van der Waals surface area contributed by atoms with Crippen LogP contribution in [-0.4, -0.2) is 25.2 Å². The van der Waals surface area contributed by atoms with Crippen molar-refractivity contribution in [3.63, 3.8) is 0 Å². The third-order valence-electron chi connectivity index (χ3n) is 4.38. The van der Waals surface area contributed by atoms with Crippen LogP contribution in [0.2, 0.25) is 0 Å². The Hall–Kier alpha value is -1.29. The summed E-state index contributed by atoms with van der Waals surface area (Å²) < 4.78 is 11.4. The van der Waals surface area contributed by atoms with Crippen LogP contribution in [0.4, 0.5) is 0 Å². The first kappa shape index (κ1) is 16.1. The van der Waals surface area contributed by atoms with Gasteiger partial charge in [-0.25, -0.2) is 0 Å². The predicted molar refractivity (Wildman–Crippen MR) is 82.6 cm³/mol. The Labute approximate surface area is 127 Å². The number of ether oxygens (including phenoxy) is 1. The zero-order valence-electron chi connectivity index (χ0n) is 14.0. The summed E-state index contributed by atoms with van der Waals surface area (Å²) in [5.74, 6) is 1.84. The number of aryl methyl sites for hydroxylation is 2. The largest absolute Gasteiger partial charge is 0.466 e. The van der Waals surface area contributed by atoms with E-state index in [2.05, 4.69) is 26.1 Å². The van der Waals surface area contributed by atoms with Crippen molar-refractivity contribution in [2.75, 3.05) is 13.2 Å². The van der Waals surface area contributed by atoms with Crippen LogP contribution in [0.1, 0.15) is 54.6 Å². The molecule has 2 atom stereocenters. The molecule has 1 aromatic rings. The molecule has 1 amide bonds. The Morgan fingerprint density at radius 3 is 2.43 bits per heavy atom.